The Morgan fingerprint density at radius 2 is 2.10 bits per heavy atom. The van der Waals surface area contributed by atoms with Crippen LogP contribution >= 0.6 is 11.3 Å². The van der Waals surface area contributed by atoms with E-state index in [4.69, 9.17) is 0 Å². The molecule has 0 amide bonds. The van der Waals surface area contributed by atoms with Crippen molar-refractivity contribution in [2.45, 2.75) is 44.9 Å². The zero-order valence-corrected chi connectivity index (χ0v) is 12.9. The Balaban J connectivity index is 1.72. The Bertz CT molecular complexity index is 645. The normalized spacial score (nSPS) is 17.5. The first kappa shape index (κ1) is 14.3. The summed E-state index contributed by atoms with van der Waals surface area (Å²) in [6, 6.07) is 8.57. The van der Waals surface area contributed by atoms with Gasteiger partial charge in [0.2, 0.25) is 0 Å². The van der Waals surface area contributed by atoms with Crippen LogP contribution in [-0.2, 0) is 24.1 Å². The van der Waals surface area contributed by atoms with Crippen LogP contribution in [0.2, 0.25) is 0 Å². The number of benzene rings is 1. The van der Waals surface area contributed by atoms with Gasteiger partial charge < -0.3 is 5.11 Å². The number of thiazole rings is 1. The Hall–Kier alpha value is -1.68. The average molecular weight is 301 g/mol. The molecule has 4 heteroatoms. The molecule has 2 aromatic rings. The third kappa shape index (κ3) is 3.16. The molecule has 0 saturated carbocycles. The number of nitrogens with zero attached hydrogens (tertiary/aromatic N) is 1. The van der Waals surface area contributed by atoms with Crippen molar-refractivity contribution in [3.8, 4) is 0 Å². The highest BCUT2D eigenvalue weighted by molar-refractivity contribution is 7.11. The standard InChI is InChI=1S/C17H19NO2S/c1-11-5-7-12(8-6-11)9-10-15-18-16-13(17(19)20)3-2-4-14(16)21-15/h5-8,13H,2-4,9-10H2,1H3,(H,19,20). The number of fused-ring (bicyclic) bond motifs is 1. The molecule has 1 aliphatic rings. The highest BCUT2D eigenvalue weighted by Crippen LogP contribution is 2.35. The van der Waals surface area contributed by atoms with Crippen LogP contribution in [0, 0.1) is 6.92 Å². The SMILES string of the molecule is Cc1ccc(CCc2nc3c(s2)CCCC3C(=O)O)cc1. The summed E-state index contributed by atoms with van der Waals surface area (Å²) in [5, 5.41) is 10.4. The van der Waals surface area contributed by atoms with Gasteiger partial charge in [0.25, 0.3) is 0 Å². The van der Waals surface area contributed by atoms with E-state index < -0.39 is 11.9 Å². The van der Waals surface area contributed by atoms with Crippen LogP contribution in [0.15, 0.2) is 24.3 Å². The summed E-state index contributed by atoms with van der Waals surface area (Å²) in [4.78, 5) is 17.1. The van der Waals surface area contributed by atoms with E-state index in [1.807, 2.05) is 0 Å². The van der Waals surface area contributed by atoms with Crippen molar-refractivity contribution in [1.29, 1.82) is 0 Å². The molecule has 1 heterocycles. The van der Waals surface area contributed by atoms with Crippen molar-refractivity contribution in [2.75, 3.05) is 0 Å². The molecule has 3 rings (SSSR count). The molecular formula is C17H19NO2S. The minimum absolute atomic E-state index is 0.391. The number of hydrogen-bond acceptors (Lipinski definition) is 3. The molecule has 1 N–H and O–H groups in total. The third-order valence-corrected chi connectivity index (χ3v) is 5.24. The van der Waals surface area contributed by atoms with Gasteiger partial charge in [0.05, 0.1) is 16.6 Å². The van der Waals surface area contributed by atoms with Crippen molar-refractivity contribution in [1.82, 2.24) is 4.98 Å². The first-order chi connectivity index (χ1) is 10.1. The molecule has 110 valence electrons. The average Bonchev–Trinajstić information content (AvgIpc) is 2.89. The zero-order valence-electron chi connectivity index (χ0n) is 12.1. The molecule has 1 aromatic carbocycles. The number of hydrogen-bond donors (Lipinski definition) is 1. The number of aromatic nitrogens is 1. The lowest BCUT2D eigenvalue weighted by atomic mass is 9.91. The minimum atomic E-state index is -0.730. The highest BCUT2D eigenvalue weighted by Gasteiger charge is 2.29. The van der Waals surface area contributed by atoms with Crippen LogP contribution < -0.4 is 0 Å². The molecular weight excluding hydrogens is 282 g/mol. The molecule has 0 spiro atoms. The van der Waals surface area contributed by atoms with E-state index >= 15 is 0 Å². The number of carboxylic acids is 1. The topological polar surface area (TPSA) is 50.2 Å². The van der Waals surface area contributed by atoms with E-state index in [-0.39, 0.29) is 0 Å². The second-order valence-corrected chi connectivity index (χ2v) is 6.85. The van der Waals surface area contributed by atoms with Gasteiger partial charge in [-0.05, 0) is 38.2 Å². The summed E-state index contributed by atoms with van der Waals surface area (Å²) in [6.45, 7) is 2.09. The van der Waals surface area contributed by atoms with Crippen molar-refractivity contribution in [3.05, 3.63) is 51.0 Å². The summed E-state index contributed by atoms with van der Waals surface area (Å²) in [5.41, 5.74) is 3.41. The Morgan fingerprint density at radius 1 is 1.33 bits per heavy atom. The van der Waals surface area contributed by atoms with Gasteiger partial charge in [0.15, 0.2) is 0 Å². The van der Waals surface area contributed by atoms with E-state index in [1.165, 1.54) is 16.0 Å². The highest BCUT2D eigenvalue weighted by atomic mass is 32.1. The summed E-state index contributed by atoms with van der Waals surface area (Å²) in [5.74, 6) is -1.12. The lowest BCUT2D eigenvalue weighted by Crippen LogP contribution is -2.17. The summed E-state index contributed by atoms with van der Waals surface area (Å²) in [7, 11) is 0. The Labute approximate surface area is 128 Å². The number of aliphatic carboxylic acids is 1. The zero-order chi connectivity index (χ0) is 14.8. The molecule has 1 atom stereocenters. The maximum Gasteiger partial charge on any atom is 0.312 e. The molecule has 1 aliphatic carbocycles. The van der Waals surface area contributed by atoms with Crippen LogP contribution in [0.3, 0.4) is 0 Å². The fraction of sp³-hybridized carbons (Fsp3) is 0.412. The third-order valence-electron chi connectivity index (χ3n) is 4.04. The molecule has 0 saturated heterocycles. The maximum atomic E-state index is 11.3. The van der Waals surface area contributed by atoms with E-state index in [0.29, 0.717) is 0 Å². The van der Waals surface area contributed by atoms with Crippen molar-refractivity contribution >= 4 is 17.3 Å². The first-order valence-electron chi connectivity index (χ1n) is 7.40. The van der Waals surface area contributed by atoms with E-state index in [1.54, 1.807) is 11.3 Å². The van der Waals surface area contributed by atoms with E-state index in [2.05, 4.69) is 36.2 Å². The quantitative estimate of drug-likeness (QED) is 0.936. The molecule has 0 aliphatic heterocycles. The van der Waals surface area contributed by atoms with Gasteiger partial charge in [0.1, 0.15) is 0 Å². The van der Waals surface area contributed by atoms with E-state index in [0.717, 1.165) is 42.8 Å². The predicted octanol–water partition coefficient (Wildman–Crippen LogP) is 3.74. The summed E-state index contributed by atoms with van der Waals surface area (Å²) >= 11 is 1.70. The lowest BCUT2D eigenvalue weighted by Gasteiger charge is -2.16. The second-order valence-electron chi connectivity index (χ2n) is 5.68. The lowest BCUT2D eigenvalue weighted by molar-refractivity contribution is -0.139. The first-order valence-corrected chi connectivity index (χ1v) is 8.22. The minimum Gasteiger partial charge on any atom is -0.481 e. The fourth-order valence-electron chi connectivity index (χ4n) is 2.82. The van der Waals surface area contributed by atoms with Crippen LogP contribution in [0.4, 0.5) is 0 Å². The van der Waals surface area contributed by atoms with Gasteiger partial charge in [-0.15, -0.1) is 11.3 Å². The van der Waals surface area contributed by atoms with Gasteiger partial charge in [-0.3, -0.25) is 4.79 Å². The van der Waals surface area contributed by atoms with E-state index in [9.17, 15) is 9.90 Å². The smallest absolute Gasteiger partial charge is 0.312 e. The molecule has 0 bridgehead atoms. The molecule has 0 fully saturated rings. The molecule has 1 unspecified atom stereocenters. The van der Waals surface area contributed by atoms with Crippen LogP contribution in [-0.4, -0.2) is 16.1 Å². The summed E-state index contributed by atoms with van der Waals surface area (Å²) < 4.78 is 0. The maximum absolute atomic E-state index is 11.3. The van der Waals surface area contributed by atoms with Crippen molar-refractivity contribution in [2.24, 2.45) is 0 Å². The van der Waals surface area contributed by atoms with Gasteiger partial charge in [0, 0.05) is 11.3 Å². The van der Waals surface area contributed by atoms with Crippen molar-refractivity contribution in [3.63, 3.8) is 0 Å². The van der Waals surface area contributed by atoms with Crippen LogP contribution in [0.25, 0.3) is 0 Å². The van der Waals surface area contributed by atoms with Gasteiger partial charge >= 0.3 is 5.97 Å². The second kappa shape index (κ2) is 5.98. The number of aryl methyl sites for hydroxylation is 4. The number of rotatable bonds is 4. The van der Waals surface area contributed by atoms with Gasteiger partial charge in [-0.25, -0.2) is 4.98 Å². The van der Waals surface area contributed by atoms with Crippen LogP contribution in [0.1, 0.15) is 45.5 Å². The van der Waals surface area contributed by atoms with Crippen LogP contribution in [0.5, 0.6) is 0 Å². The van der Waals surface area contributed by atoms with Crippen molar-refractivity contribution < 1.29 is 9.90 Å². The monoisotopic (exact) mass is 301 g/mol. The predicted molar refractivity (Wildman–Crippen MR) is 84.0 cm³/mol. The number of carbonyl (C=O) groups is 1. The van der Waals surface area contributed by atoms with Gasteiger partial charge in [-0.1, -0.05) is 29.8 Å². The Kier molecular flexibility index (Phi) is 4.06. The molecule has 0 radical (unpaired) electrons. The largest absolute Gasteiger partial charge is 0.481 e. The molecule has 1 aromatic heterocycles. The molecule has 3 nitrogen and oxygen atoms in total. The van der Waals surface area contributed by atoms with Gasteiger partial charge in [-0.2, -0.15) is 0 Å². The molecule has 21 heavy (non-hydrogen) atoms. The summed E-state index contributed by atoms with van der Waals surface area (Å²) in [6.07, 6.45) is 4.53. The number of carboxylic acid groups (broad SMARTS) is 1. The fourth-order valence-corrected chi connectivity index (χ4v) is 3.99. The Morgan fingerprint density at radius 3 is 2.81 bits per heavy atom.